The molecule has 0 aliphatic carbocycles. The first-order chi connectivity index (χ1) is 6.50. The number of nitrogens with zero attached hydrogens (tertiary/aromatic N) is 1. The van der Waals surface area contributed by atoms with E-state index in [1.807, 2.05) is 0 Å². The Bertz CT molecular complexity index is 392. The molecule has 0 atom stereocenters. The first kappa shape index (κ1) is 10.3. The van der Waals surface area contributed by atoms with Crippen LogP contribution in [0.2, 0.25) is 0 Å². The Kier molecular flexibility index (Phi) is 2.92. The van der Waals surface area contributed by atoms with Gasteiger partial charge in [-0.1, -0.05) is 0 Å². The summed E-state index contributed by atoms with van der Waals surface area (Å²) in [5.74, 6) is -1.74. The molecule has 2 N–H and O–H groups in total. The zero-order valence-electron chi connectivity index (χ0n) is 6.71. The molecule has 0 fully saturated rings. The van der Waals surface area contributed by atoms with E-state index in [-0.39, 0.29) is 22.4 Å². The van der Waals surface area contributed by atoms with Crippen LogP contribution in [0.25, 0.3) is 0 Å². The molecule has 1 aromatic carbocycles. The highest BCUT2D eigenvalue weighted by molar-refractivity contribution is 7.93. The normalized spacial score (nSPS) is 9.71. The first-order valence-corrected chi connectivity index (χ1v) is 4.16. The van der Waals surface area contributed by atoms with E-state index in [1.165, 1.54) is 6.07 Å². The summed E-state index contributed by atoms with van der Waals surface area (Å²) in [6.45, 7) is 0. The maximum absolute atomic E-state index is 10.5. The van der Waals surface area contributed by atoms with Gasteiger partial charge in [0.2, 0.25) is 0 Å². The molecular formula is C7H5NO5S. The molecule has 0 saturated carbocycles. The van der Waals surface area contributed by atoms with Gasteiger partial charge in [0.05, 0.1) is 4.90 Å². The SMILES string of the molecule is O=C(O)c1cc(S[N+](=O)[O-])ccc1O. The zero-order valence-corrected chi connectivity index (χ0v) is 7.52. The number of hydrogen-bond donors (Lipinski definition) is 2. The van der Waals surface area contributed by atoms with E-state index in [4.69, 9.17) is 10.2 Å². The Morgan fingerprint density at radius 3 is 2.64 bits per heavy atom. The molecule has 0 saturated heterocycles. The largest absolute Gasteiger partial charge is 0.507 e. The van der Waals surface area contributed by atoms with E-state index >= 15 is 0 Å². The van der Waals surface area contributed by atoms with Crippen molar-refractivity contribution < 1.29 is 19.3 Å². The van der Waals surface area contributed by atoms with Crippen LogP contribution in [-0.4, -0.2) is 20.5 Å². The third-order valence-corrected chi connectivity index (χ3v) is 1.99. The quantitative estimate of drug-likeness (QED) is 0.448. The summed E-state index contributed by atoms with van der Waals surface area (Å²) in [5.41, 5.74) is -0.350. The third kappa shape index (κ3) is 2.36. The van der Waals surface area contributed by atoms with Gasteiger partial charge in [0, 0.05) is 0 Å². The molecule has 0 bridgehead atoms. The van der Waals surface area contributed by atoms with Crippen molar-refractivity contribution in [1.82, 2.24) is 0 Å². The van der Waals surface area contributed by atoms with Crippen LogP contribution in [0.4, 0.5) is 0 Å². The summed E-state index contributed by atoms with van der Waals surface area (Å²) in [5, 5.41) is 27.8. The van der Waals surface area contributed by atoms with Crippen molar-refractivity contribution in [3.63, 3.8) is 0 Å². The number of aromatic hydroxyl groups is 1. The van der Waals surface area contributed by atoms with E-state index in [9.17, 15) is 14.9 Å². The van der Waals surface area contributed by atoms with Gasteiger partial charge in [0.1, 0.15) is 15.6 Å². The average Bonchev–Trinajstić information content (AvgIpc) is 2.07. The van der Waals surface area contributed by atoms with Gasteiger partial charge in [-0.15, -0.1) is 0 Å². The lowest BCUT2D eigenvalue weighted by Crippen LogP contribution is -1.97. The van der Waals surface area contributed by atoms with Gasteiger partial charge in [0.25, 0.3) is 11.9 Å². The van der Waals surface area contributed by atoms with Crippen molar-refractivity contribution in [1.29, 1.82) is 0 Å². The maximum Gasteiger partial charge on any atom is 0.339 e. The van der Waals surface area contributed by atoms with Crippen LogP contribution >= 0.6 is 11.9 Å². The predicted molar refractivity (Wildman–Crippen MR) is 47.9 cm³/mol. The fourth-order valence-electron chi connectivity index (χ4n) is 0.829. The molecule has 1 aromatic rings. The number of carbonyl (C=O) groups is 1. The molecular weight excluding hydrogens is 210 g/mol. The number of benzene rings is 1. The van der Waals surface area contributed by atoms with Crippen LogP contribution in [0.5, 0.6) is 5.75 Å². The number of phenols is 1. The van der Waals surface area contributed by atoms with Gasteiger partial charge in [-0.05, 0) is 18.2 Å². The number of carboxylic acid groups (broad SMARTS) is 1. The summed E-state index contributed by atoms with van der Waals surface area (Å²) in [6.07, 6.45) is 0. The number of carboxylic acids is 1. The topological polar surface area (TPSA) is 101 Å². The first-order valence-electron chi connectivity index (χ1n) is 3.39. The lowest BCUT2D eigenvalue weighted by Gasteiger charge is -1.99. The minimum absolute atomic E-state index is 0.158. The molecule has 0 aromatic heterocycles. The highest BCUT2D eigenvalue weighted by Gasteiger charge is 2.13. The van der Waals surface area contributed by atoms with Crippen LogP contribution in [-0.2, 0) is 0 Å². The minimum Gasteiger partial charge on any atom is -0.507 e. The number of rotatable bonds is 3. The minimum atomic E-state index is -1.33. The van der Waals surface area contributed by atoms with E-state index in [1.54, 1.807) is 0 Å². The predicted octanol–water partition coefficient (Wildman–Crippen LogP) is 1.37. The van der Waals surface area contributed by atoms with Gasteiger partial charge < -0.3 is 10.2 Å². The molecule has 6 nitrogen and oxygen atoms in total. The van der Waals surface area contributed by atoms with Gasteiger partial charge in [-0.2, -0.15) is 0 Å². The average molecular weight is 215 g/mol. The Hall–Kier alpha value is -1.76. The molecule has 14 heavy (non-hydrogen) atoms. The highest BCUT2D eigenvalue weighted by Crippen LogP contribution is 2.25. The number of aromatic carboxylic acids is 1. The highest BCUT2D eigenvalue weighted by atomic mass is 32.2. The van der Waals surface area contributed by atoms with Gasteiger partial charge in [-0.3, -0.25) is 10.1 Å². The Balaban J connectivity index is 3.06. The van der Waals surface area contributed by atoms with Crippen molar-refractivity contribution in [3.05, 3.63) is 33.9 Å². The second-order valence-electron chi connectivity index (χ2n) is 2.30. The lowest BCUT2D eigenvalue weighted by atomic mass is 10.2. The number of hydrogen-bond acceptors (Lipinski definition) is 5. The van der Waals surface area contributed by atoms with E-state index in [0.29, 0.717) is 0 Å². The van der Waals surface area contributed by atoms with Crippen molar-refractivity contribution in [2.45, 2.75) is 4.90 Å². The zero-order chi connectivity index (χ0) is 10.7. The van der Waals surface area contributed by atoms with Crippen molar-refractivity contribution in [2.24, 2.45) is 0 Å². The van der Waals surface area contributed by atoms with Crippen molar-refractivity contribution in [2.75, 3.05) is 0 Å². The van der Waals surface area contributed by atoms with Gasteiger partial charge in [-0.25, -0.2) is 4.79 Å². The summed E-state index contributed by atoms with van der Waals surface area (Å²) in [6, 6.07) is 3.43. The summed E-state index contributed by atoms with van der Waals surface area (Å²) < 4.78 is -0.655. The number of nitro groups is 1. The van der Waals surface area contributed by atoms with Crippen molar-refractivity contribution in [3.8, 4) is 5.75 Å². The molecule has 0 aliphatic rings. The Labute approximate surface area is 82.5 Å². The maximum atomic E-state index is 10.5. The molecule has 74 valence electrons. The Morgan fingerprint density at radius 1 is 1.50 bits per heavy atom. The van der Waals surface area contributed by atoms with Crippen LogP contribution in [0.15, 0.2) is 23.1 Å². The molecule has 7 heteroatoms. The van der Waals surface area contributed by atoms with Crippen LogP contribution in [0, 0.1) is 10.1 Å². The molecule has 0 radical (unpaired) electrons. The monoisotopic (exact) mass is 215 g/mol. The standard InChI is InChI=1S/C7H5NO5S/c9-6-2-1-4(14-8(12)13)3-5(6)7(10)11/h1-3,9H,(H,10,11). The molecule has 0 spiro atoms. The van der Waals surface area contributed by atoms with E-state index in [0.717, 1.165) is 12.1 Å². The second-order valence-corrected chi connectivity index (χ2v) is 3.25. The molecule has 0 unspecified atom stereocenters. The second kappa shape index (κ2) is 3.97. The fourth-order valence-corrected chi connectivity index (χ4v) is 1.30. The lowest BCUT2D eigenvalue weighted by molar-refractivity contribution is -0.284. The summed E-state index contributed by atoms with van der Waals surface area (Å²) in [4.78, 5) is 20.8. The van der Waals surface area contributed by atoms with E-state index < -0.39 is 16.0 Å². The van der Waals surface area contributed by atoms with Crippen LogP contribution in [0.3, 0.4) is 0 Å². The summed E-state index contributed by atoms with van der Waals surface area (Å²) >= 11 is 0.286. The van der Waals surface area contributed by atoms with Crippen molar-refractivity contribution >= 4 is 17.9 Å². The Morgan fingerprint density at radius 2 is 2.14 bits per heavy atom. The molecule has 1 rings (SSSR count). The van der Waals surface area contributed by atoms with Gasteiger partial charge >= 0.3 is 5.97 Å². The van der Waals surface area contributed by atoms with Gasteiger partial charge in [0.15, 0.2) is 0 Å². The molecule has 0 heterocycles. The molecule has 0 aliphatic heterocycles. The molecule has 0 amide bonds. The van der Waals surface area contributed by atoms with Crippen LogP contribution < -0.4 is 0 Å². The smallest absolute Gasteiger partial charge is 0.339 e. The van der Waals surface area contributed by atoms with Crippen LogP contribution in [0.1, 0.15) is 10.4 Å². The summed E-state index contributed by atoms with van der Waals surface area (Å²) in [7, 11) is 0. The van der Waals surface area contributed by atoms with E-state index in [2.05, 4.69) is 0 Å². The fraction of sp³-hybridized carbons (Fsp3) is 0. The third-order valence-electron chi connectivity index (χ3n) is 1.38.